The highest BCUT2D eigenvalue weighted by Crippen LogP contribution is 2.38. The second-order valence-corrected chi connectivity index (χ2v) is 17.8. The summed E-state index contributed by atoms with van der Waals surface area (Å²) in [6.07, 6.45) is 10.2. The largest absolute Gasteiger partial charge is 0.491 e. The number of fused-ring (bicyclic) bond motifs is 8. The Morgan fingerprint density at radius 2 is 1.64 bits per heavy atom. The molecule has 6 heterocycles. The first kappa shape index (κ1) is 39.5. The monoisotopic (exact) mass is 829 g/mol. The van der Waals surface area contributed by atoms with E-state index in [2.05, 4.69) is 61.5 Å². The lowest BCUT2D eigenvalue weighted by Gasteiger charge is -2.40. The normalized spacial score (nSPS) is 24.1. The lowest BCUT2D eigenvalue weighted by Crippen LogP contribution is -2.45. The van der Waals surface area contributed by atoms with Crippen molar-refractivity contribution in [1.29, 1.82) is 0 Å². The van der Waals surface area contributed by atoms with Crippen LogP contribution in [0.15, 0.2) is 65.6 Å². The Morgan fingerprint density at radius 3 is 2.46 bits per heavy atom. The smallest absolute Gasteiger partial charge is 0.329 e. The molecule has 320 valence electrons. The number of carbonyl (C=O) groups is 3. The summed E-state index contributed by atoms with van der Waals surface area (Å²) < 4.78 is 17.5. The van der Waals surface area contributed by atoms with Crippen LogP contribution in [-0.4, -0.2) is 107 Å². The number of aromatic nitrogens is 4. The molecule has 3 saturated heterocycles. The fourth-order valence-electron chi connectivity index (χ4n) is 10.6. The van der Waals surface area contributed by atoms with E-state index in [0.29, 0.717) is 48.9 Å². The Kier molecular flexibility index (Phi) is 10.6. The van der Waals surface area contributed by atoms with Crippen molar-refractivity contribution in [3.05, 3.63) is 76.8 Å². The summed E-state index contributed by atoms with van der Waals surface area (Å²) in [6.45, 7) is 5.36. The van der Waals surface area contributed by atoms with Gasteiger partial charge in [0.25, 0.3) is 5.91 Å². The summed E-state index contributed by atoms with van der Waals surface area (Å²) in [4.78, 5) is 58.9. The number of amides is 3. The van der Waals surface area contributed by atoms with Crippen LogP contribution in [-0.2, 0) is 21.4 Å². The first-order valence-corrected chi connectivity index (χ1v) is 22.1. The lowest BCUT2D eigenvalue weighted by atomic mass is 9.85. The Hall–Kier alpha value is -5.67. The molecule has 5 aromatic rings. The summed E-state index contributed by atoms with van der Waals surface area (Å²) in [5.74, 6) is 0.407. The van der Waals surface area contributed by atoms with Gasteiger partial charge in [-0.05, 0) is 107 Å². The number of hydrogen-bond acceptors (Lipinski definition) is 10. The van der Waals surface area contributed by atoms with Crippen molar-refractivity contribution in [2.24, 2.45) is 13.0 Å². The number of para-hydroxylation sites is 1. The van der Waals surface area contributed by atoms with Crippen LogP contribution in [0.3, 0.4) is 0 Å². The highest BCUT2D eigenvalue weighted by Gasteiger charge is 2.34. The molecule has 1 unspecified atom stereocenters. The summed E-state index contributed by atoms with van der Waals surface area (Å²) in [6, 6.07) is 17.6. The minimum Gasteiger partial charge on any atom is -0.491 e. The molecular formula is C46H55N9O6. The predicted octanol–water partition coefficient (Wildman–Crippen LogP) is 5.24. The van der Waals surface area contributed by atoms with Gasteiger partial charge in [-0.1, -0.05) is 12.1 Å². The van der Waals surface area contributed by atoms with Gasteiger partial charge in [0.1, 0.15) is 18.4 Å². The van der Waals surface area contributed by atoms with Gasteiger partial charge < -0.3 is 29.5 Å². The van der Waals surface area contributed by atoms with E-state index >= 15 is 0 Å². The maximum atomic E-state index is 13.5. The summed E-state index contributed by atoms with van der Waals surface area (Å²) in [7, 11) is 4.05. The van der Waals surface area contributed by atoms with Crippen molar-refractivity contribution in [1.82, 2.24) is 29.1 Å². The van der Waals surface area contributed by atoms with Crippen LogP contribution in [0, 0.1) is 5.92 Å². The van der Waals surface area contributed by atoms with E-state index < -0.39 is 11.9 Å². The second-order valence-electron chi connectivity index (χ2n) is 17.8. The van der Waals surface area contributed by atoms with Crippen molar-refractivity contribution >= 4 is 56.7 Å². The van der Waals surface area contributed by atoms with Gasteiger partial charge in [-0.15, -0.1) is 0 Å². The topological polar surface area (TPSA) is 148 Å². The maximum absolute atomic E-state index is 13.5. The van der Waals surface area contributed by atoms with Crippen molar-refractivity contribution in [2.45, 2.75) is 82.0 Å². The van der Waals surface area contributed by atoms with E-state index in [0.717, 1.165) is 117 Å². The van der Waals surface area contributed by atoms with E-state index in [4.69, 9.17) is 14.6 Å². The van der Waals surface area contributed by atoms with Crippen molar-refractivity contribution < 1.29 is 23.9 Å². The SMILES string of the molecule is CN(C[C@H]1CC[C@H](n2cc3cc4c(cc3n2)N2CC[C@H](C2)OCCOc2cccc(c2)C(=O)N4)CC1)C1CCN(c2cccc3c2n(C)c(=O)n3C2CCC(=O)NC2=O)CC1. The quantitative estimate of drug-likeness (QED) is 0.218. The van der Waals surface area contributed by atoms with Gasteiger partial charge in [0.2, 0.25) is 11.8 Å². The lowest BCUT2D eigenvalue weighted by molar-refractivity contribution is -0.135. The number of aryl methyl sites for hydroxylation is 1. The van der Waals surface area contributed by atoms with Crippen molar-refractivity contribution in [2.75, 3.05) is 68.1 Å². The maximum Gasteiger partial charge on any atom is 0.329 e. The minimum absolute atomic E-state index is 0.101. The number of nitrogens with zero attached hydrogens (tertiary/aromatic N) is 7. The Labute approximate surface area is 354 Å². The zero-order valence-electron chi connectivity index (χ0n) is 35.1. The number of nitrogens with one attached hydrogen (secondary N) is 2. The number of imidazole rings is 1. The number of hydrogen-bond donors (Lipinski definition) is 2. The molecule has 1 aliphatic carbocycles. The third-order valence-corrected chi connectivity index (χ3v) is 13.9. The van der Waals surface area contributed by atoms with Gasteiger partial charge in [0.15, 0.2) is 0 Å². The average Bonchev–Trinajstić information content (AvgIpc) is 3.98. The Bertz CT molecular complexity index is 2550. The van der Waals surface area contributed by atoms with E-state index in [9.17, 15) is 19.2 Å². The van der Waals surface area contributed by atoms with Crippen molar-refractivity contribution in [3.8, 4) is 5.75 Å². The molecule has 4 fully saturated rings. The molecule has 0 spiro atoms. The highest BCUT2D eigenvalue weighted by atomic mass is 16.5. The van der Waals surface area contributed by atoms with E-state index in [-0.39, 0.29) is 30.0 Å². The number of benzene rings is 3. The van der Waals surface area contributed by atoms with Gasteiger partial charge in [0.05, 0.1) is 52.4 Å². The minimum atomic E-state index is -0.697. The molecule has 10 rings (SSSR count). The molecule has 1 saturated carbocycles. The van der Waals surface area contributed by atoms with Crippen LogP contribution in [0.2, 0.25) is 0 Å². The molecule has 61 heavy (non-hydrogen) atoms. The molecule has 3 amide bonds. The van der Waals surface area contributed by atoms with Crippen LogP contribution >= 0.6 is 0 Å². The molecule has 2 aromatic heterocycles. The van der Waals surface area contributed by atoms with Crippen LogP contribution in [0.5, 0.6) is 5.75 Å². The van der Waals surface area contributed by atoms with Gasteiger partial charge in [-0.25, -0.2) is 4.79 Å². The van der Waals surface area contributed by atoms with Crippen LogP contribution in [0.4, 0.5) is 17.1 Å². The molecule has 15 heteroatoms. The van der Waals surface area contributed by atoms with Crippen LogP contribution in [0.1, 0.15) is 80.2 Å². The zero-order chi connectivity index (χ0) is 41.8. The molecular weight excluding hydrogens is 775 g/mol. The van der Waals surface area contributed by atoms with E-state index in [1.165, 1.54) is 0 Å². The molecule has 5 aliphatic rings. The van der Waals surface area contributed by atoms with Gasteiger partial charge in [-0.2, -0.15) is 5.10 Å². The third-order valence-electron chi connectivity index (χ3n) is 13.9. The first-order valence-electron chi connectivity index (χ1n) is 22.1. The first-order chi connectivity index (χ1) is 29.7. The number of ether oxygens (including phenoxy) is 2. The highest BCUT2D eigenvalue weighted by molar-refractivity contribution is 6.08. The second kappa shape index (κ2) is 16.3. The number of piperidine rings is 2. The van der Waals surface area contributed by atoms with E-state index in [1.807, 2.05) is 30.3 Å². The van der Waals surface area contributed by atoms with E-state index in [1.54, 1.807) is 22.2 Å². The Morgan fingerprint density at radius 1 is 0.836 bits per heavy atom. The standard InChI is InChI=1S/C46H55N9O6/c1-50(32-15-18-52(19-16-32)38-7-4-8-39-43(38)51(2)46(59)55(39)40-13-14-42(56)48-45(40)58)26-29-9-11-33(12-10-29)54-27-31-24-37-41(25-36(31)49-54)53-20-17-35(28-53)61-22-21-60-34-6-3-5-30(23-34)44(57)47-37/h3-8,23-25,27,29,32-33,35,40H,9-22,26,28H2,1-2H3,(H,47,57)(H,48,56,58)/t29-,33-,35-,40?/m1/s1. The molecule has 4 aliphatic heterocycles. The number of carbonyl (C=O) groups excluding carboxylic acids is 3. The molecule has 2 N–H and O–H groups in total. The molecule has 0 radical (unpaired) electrons. The molecule has 15 nitrogen and oxygen atoms in total. The summed E-state index contributed by atoms with van der Waals surface area (Å²) in [5.41, 5.74) is 5.58. The molecule has 4 bridgehead atoms. The fourth-order valence-corrected chi connectivity index (χ4v) is 10.6. The van der Waals surface area contributed by atoms with Crippen molar-refractivity contribution in [3.63, 3.8) is 0 Å². The third kappa shape index (κ3) is 7.66. The van der Waals surface area contributed by atoms with Gasteiger partial charge in [0, 0.05) is 69.4 Å². The predicted molar refractivity (Wildman–Crippen MR) is 234 cm³/mol. The summed E-state index contributed by atoms with van der Waals surface area (Å²) >= 11 is 0. The molecule has 3 aromatic carbocycles. The zero-order valence-corrected chi connectivity index (χ0v) is 35.1. The van der Waals surface area contributed by atoms with Crippen LogP contribution < -0.4 is 30.9 Å². The number of anilines is 3. The average molecular weight is 830 g/mol. The van der Waals surface area contributed by atoms with Gasteiger partial charge in [-0.3, -0.25) is 33.5 Å². The molecule has 2 atom stereocenters. The fraction of sp³-hybridized carbons (Fsp3) is 0.500. The van der Waals surface area contributed by atoms with Gasteiger partial charge >= 0.3 is 5.69 Å². The summed E-state index contributed by atoms with van der Waals surface area (Å²) in [5, 5.41) is 11.8. The number of rotatable bonds is 6. The number of imide groups is 1. The Balaban J connectivity index is 0.776. The van der Waals surface area contributed by atoms with Crippen LogP contribution in [0.25, 0.3) is 21.9 Å².